The number of amides is 5. The summed E-state index contributed by atoms with van der Waals surface area (Å²) in [7, 11) is 0. The maximum absolute atomic E-state index is 14.3. The summed E-state index contributed by atoms with van der Waals surface area (Å²) >= 11 is 0. The van der Waals surface area contributed by atoms with E-state index in [1.165, 1.54) is 0 Å². The van der Waals surface area contributed by atoms with Crippen LogP contribution < -0.4 is 16.0 Å². The van der Waals surface area contributed by atoms with Gasteiger partial charge in [0.15, 0.2) is 0 Å². The van der Waals surface area contributed by atoms with Gasteiger partial charge in [-0.3, -0.25) is 24.0 Å². The number of ether oxygens (including phenoxy) is 1. The molecule has 4 unspecified atom stereocenters. The molecule has 12 nitrogen and oxygen atoms in total. The van der Waals surface area contributed by atoms with E-state index in [0.717, 1.165) is 32.1 Å². The summed E-state index contributed by atoms with van der Waals surface area (Å²) in [6.45, 7) is 14.9. The second-order valence-corrected chi connectivity index (χ2v) is 14.6. The summed E-state index contributed by atoms with van der Waals surface area (Å²) in [6, 6.07) is -2.81. The van der Waals surface area contributed by atoms with Crippen LogP contribution in [0.25, 0.3) is 0 Å². The van der Waals surface area contributed by atoms with E-state index in [9.17, 15) is 28.8 Å². The molecule has 3 N–H and O–H groups in total. The predicted molar refractivity (Wildman–Crippen MR) is 167 cm³/mol. The van der Waals surface area contributed by atoms with Crippen molar-refractivity contribution in [2.75, 3.05) is 26.2 Å². The fourth-order valence-electron chi connectivity index (χ4n) is 7.07. The summed E-state index contributed by atoms with van der Waals surface area (Å²) in [5.41, 5.74) is -0.921. The van der Waals surface area contributed by atoms with Gasteiger partial charge in [-0.2, -0.15) is 0 Å². The van der Waals surface area contributed by atoms with Gasteiger partial charge in [-0.1, -0.05) is 39.2 Å². The number of carbonyl (C=O) groups excluding carboxylic acids is 6. The van der Waals surface area contributed by atoms with Gasteiger partial charge in [0, 0.05) is 32.6 Å². The molecule has 0 spiro atoms. The first-order valence-corrected chi connectivity index (χ1v) is 16.5. The van der Waals surface area contributed by atoms with E-state index in [-0.39, 0.29) is 54.4 Å². The van der Waals surface area contributed by atoms with Gasteiger partial charge in [-0.25, -0.2) is 4.79 Å². The number of alkyl carbamates (subject to hydrolysis) is 1. The molecule has 2 aliphatic heterocycles. The van der Waals surface area contributed by atoms with Gasteiger partial charge in [0.05, 0.1) is 6.04 Å². The molecule has 4 aliphatic rings. The standard InChI is InChI=1S/C33H51N5O7/c1-7-8-14-22(27(40)29(42)34-16-15-23(39)37-17-18-37)35-28(41)26-24-21(33(24,5)6)19-38(26)30(43)25(20-12-10-9-11-13-20)36-31(44)45-32(2,3)4/h7,20-22,24-26H,1,8-19H2,2-6H3,(H,34,42)(H,35,41)(H,36,44)/t21?,22?,24?,25-,26?/m0/s1. The van der Waals surface area contributed by atoms with Crippen molar-refractivity contribution in [1.82, 2.24) is 25.8 Å². The molecule has 45 heavy (non-hydrogen) atoms. The highest BCUT2D eigenvalue weighted by Gasteiger charge is 2.69. The quantitative estimate of drug-likeness (QED) is 0.161. The van der Waals surface area contributed by atoms with E-state index in [0.29, 0.717) is 26.1 Å². The highest BCUT2D eigenvalue weighted by Crippen LogP contribution is 2.65. The number of hydrogen-bond acceptors (Lipinski definition) is 7. The van der Waals surface area contributed by atoms with E-state index < -0.39 is 47.4 Å². The highest BCUT2D eigenvalue weighted by molar-refractivity contribution is 6.38. The van der Waals surface area contributed by atoms with Gasteiger partial charge >= 0.3 is 6.09 Å². The lowest BCUT2D eigenvalue weighted by Crippen LogP contribution is -2.59. The van der Waals surface area contributed by atoms with Gasteiger partial charge in [-0.15, -0.1) is 6.58 Å². The third kappa shape index (κ3) is 8.43. The number of fused-ring (bicyclic) bond motifs is 1. The van der Waals surface area contributed by atoms with E-state index in [4.69, 9.17) is 4.74 Å². The number of ketones is 1. The molecule has 2 saturated carbocycles. The molecule has 2 aliphatic carbocycles. The van der Waals surface area contributed by atoms with Crippen molar-refractivity contribution in [1.29, 1.82) is 0 Å². The van der Waals surface area contributed by atoms with Crippen LogP contribution in [0.3, 0.4) is 0 Å². The van der Waals surface area contributed by atoms with Crippen LogP contribution in [-0.4, -0.2) is 95.2 Å². The number of carbonyl (C=O) groups is 6. The normalized spacial score (nSPS) is 24.9. The molecular formula is C33H51N5O7. The van der Waals surface area contributed by atoms with Crippen LogP contribution in [0.15, 0.2) is 12.7 Å². The molecule has 2 heterocycles. The molecule has 4 fully saturated rings. The highest BCUT2D eigenvalue weighted by atomic mass is 16.6. The molecule has 12 heteroatoms. The maximum atomic E-state index is 14.3. The Morgan fingerprint density at radius 2 is 1.69 bits per heavy atom. The molecular weight excluding hydrogens is 578 g/mol. The van der Waals surface area contributed by atoms with Crippen LogP contribution in [0.1, 0.15) is 86.0 Å². The number of piperidine rings is 1. The van der Waals surface area contributed by atoms with E-state index in [1.54, 1.807) is 36.6 Å². The fraction of sp³-hybridized carbons (Fsp3) is 0.758. The van der Waals surface area contributed by atoms with Crippen LogP contribution in [0.2, 0.25) is 0 Å². The lowest BCUT2D eigenvalue weighted by Gasteiger charge is -2.37. The van der Waals surface area contributed by atoms with Gasteiger partial charge in [0.1, 0.15) is 17.7 Å². The summed E-state index contributed by atoms with van der Waals surface area (Å²) in [6.07, 6.45) is 6.12. The summed E-state index contributed by atoms with van der Waals surface area (Å²) in [5, 5.41) is 8.14. The Bertz CT molecular complexity index is 1180. The molecule has 0 aromatic heterocycles. The summed E-state index contributed by atoms with van der Waals surface area (Å²) < 4.78 is 5.50. The zero-order chi connectivity index (χ0) is 33.1. The average Bonchev–Trinajstić information content (AvgIpc) is 3.86. The number of nitrogens with one attached hydrogen (secondary N) is 3. The molecule has 0 aromatic rings. The number of allylic oxidation sites excluding steroid dienone is 1. The molecule has 0 aromatic carbocycles. The zero-order valence-electron chi connectivity index (χ0n) is 27.5. The first-order valence-electron chi connectivity index (χ1n) is 16.5. The van der Waals surface area contributed by atoms with E-state index >= 15 is 0 Å². The van der Waals surface area contributed by atoms with Crippen molar-refractivity contribution in [3.8, 4) is 0 Å². The SMILES string of the molecule is C=CCCC(NC(=O)C1C2C(CN1C(=O)[C@@H](NC(=O)OC(C)(C)C)C1CCCCC1)C2(C)C)C(=O)C(=O)NCCC(=O)N1CC1. The van der Waals surface area contributed by atoms with Crippen LogP contribution in [0.5, 0.6) is 0 Å². The molecule has 5 amide bonds. The Morgan fingerprint density at radius 3 is 2.29 bits per heavy atom. The van der Waals surface area contributed by atoms with Crippen molar-refractivity contribution in [3.63, 3.8) is 0 Å². The van der Waals surface area contributed by atoms with Crippen molar-refractivity contribution in [2.45, 2.75) is 110 Å². The third-order valence-corrected chi connectivity index (χ3v) is 9.76. The van der Waals surface area contributed by atoms with Crippen LogP contribution in [0, 0.1) is 23.2 Å². The predicted octanol–water partition coefficient (Wildman–Crippen LogP) is 2.31. The Kier molecular flexibility index (Phi) is 10.6. The smallest absolute Gasteiger partial charge is 0.408 e. The minimum absolute atomic E-state index is 0.0259. The number of rotatable bonds is 13. The third-order valence-electron chi connectivity index (χ3n) is 9.76. The zero-order valence-corrected chi connectivity index (χ0v) is 27.5. The fourth-order valence-corrected chi connectivity index (χ4v) is 7.07. The lowest BCUT2D eigenvalue weighted by molar-refractivity contribution is -0.145. The molecule has 4 rings (SSSR count). The molecule has 0 bridgehead atoms. The molecule has 250 valence electrons. The van der Waals surface area contributed by atoms with E-state index in [2.05, 4.69) is 36.4 Å². The minimum atomic E-state index is -1.12. The Morgan fingerprint density at radius 1 is 1.02 bits per heavy atom. The van der Waals surface area contributed by atoms with Crippen molar-refractivity contribution in [3.05, 3.63) is 12.7 Å². The number of Topliss-reactive ketones (excluding diaryl/α,β-unsaturated/α-hetero) is 1. The van der Waals surface area contributed by atoms with Crippen molar-refractivity contribution >= 4 is 35.5 Å². The van der Waals surface area contributed by atoms with Gasteiger partial charge in [0.25, 0.3) is 5.91 Å². The van der Waals surface area contributed by atoms with Crippen LogP contribution in [-0.2, 0) is 28.7 Å². The minimum Gasteiger partial charge on any atom is -0.444 e. The average molecular weight is 630 g/mol. The molecule has 5 atom stereocenters. The van der Waals surface area contributed by atoms with Crippen molar-refractivity contribution in [2.24, 2.45) is 23.2 Å². The van der Waals surface area contributed by atoms with Crippen molar-refractivity contribution < 1.29 is 33.5 Å². The van der Waals surface area contributed by atoms with Crippen LogP contribution >= 0.6 is 0 Å². The second kappa shape index (κ2) is 13.9. The number of nitrogens with zero attached hydrogens (tertiary/aromatic N) is 2. The largest absolute Gasteiger partial charge is 0.444 e. The van der Waals surface area contributed by atoms with Gasteiger partial charge in [0.2, 0.25) is 23.5 Å². The summed E-state index contributed by atoms with van der Waals surface area (Å²) in [4.78, 5) is 82.2. The Balaban J connectivity index is 1.49. The number of likely N-dealkylation sites (tertiary alicyclic amines) is 1. The Labute approximate surface area is 266 Å². The monoisotopic (exact) mass is 629 g/mol. The lowest BCUT2D eigenvalue weighted by atomic mass is 9.83. The summed E-state index contributed by atoms with van der Waals surface area (Å²) in [5.74, 6) is -2.68. The second-order valence-electron chi connectivity index (χ2n) is 14.6. The number of hydrogen-bond donors (Lipinski definition) is 3. The first-order chi connectivity index (χ1) is 21.2. The maximum Gasteiger partial charge on any atom is 0.408 e. The first kappa shape index (κ1) is 34.4. The van der Waals surface area contributed by atoms with E-state index in [1.807, 2.05) is 0 Å². The van der Waals surface area contributed by atoms with Gasteiger partial charge < -0.3 is 30.5 Å². The topological polar surface area (TPSA) is 154 Å². The van der Waals surface area contributed by atoms with Gasteiger partial charge in [-0.05, 0) is 69.6 Å². The van der Waals surface area contributed by atoms with Crippen LogP contribution in [0.4, 0.5) is 4.79 Å². The molecule has 2 saturated heterocycles. The molecule has 0 radical (unpaired) electrons. The Hall–Kier alpha value is -3.44.